The molecule has 2 aliphatic carbocycles. The number of benzene rings is 7. The Kier molecular flexibility index (Phi) is 20.8. The predicted octanol–water partition coefficient (Wildman–Crippen LogP) is 6.44. The maximum absolute atomic E-state index is 14.2. The molecule has 50 heteroatoms. The number of allylic oxidation sites excluding steroid dienone is 2. The standard InChI is InChI=1S/C44H30Cl2N14O20S6.C10H8O6S2/c45-39-51-41(55-43(53-39)49-27-17-23(81(63,64)65)13-19-15-31(85(75,76)77)35(37(61)33(19)27)59-57-25-5-1-3-7-29(25)83(69,70)71)47-21-9-11-22(12-10-21)48-42-52-40(46)54-44(56-42)50-28-18-24(82(66,67)68)14-20-16-32(86(78,79)80)36(38(62)34(20)28)60-58-26-6-2-4-8-30(26)84(72,73)74;11-17(12,13)9-3-1-7-2-4-10(18(14,15)16)6-8(7)5-9/h1-18,57-58H,(H,63,64,65)(H,66,67,68)(H,69,70,71)(H,72,73,74)(H,75,76,77)(H,78,79,80)(H2,47,49,51,53,55)(H2,48,50,52,54,56);1-6H,(H,11,12,13)(H,14,15,16)/b59-35+,60-36+;. The molecule has 2 aromatic heterocycles. The minimum absolute atomic E-state index is 0.215. The number of nitrogens with one attached hydrogen (secondary N) is 6. The maximum Gasteiger partial charge on any atom is 0.296 e. The fourth-order valence-electron chi connectivity index (χ4n) is 9.37. The van der Waals surface area contributed by atoms with Gasteiger partial charge in [0, 0.05) is 11.4 Å². The average Bonchev–Trinajstić information content (AvgIpc) is 0.750. The molecule has 0 bridgehead atoms. The number of halogens is 2. The summed E-state index contributed by atoms with van der Waals surface area (Å²) in [6.07, 6.45) is 1.23. The lowest BCUT2D eigenvalue weighted by atomic mass is 9.93. The number of hydrogen-bond donors (Lipinski definition) is 14. The lowest BCUT2D eigenvalue weighted by Gasteiger charge is -2.20. The van der Waals surface area contributed by atoms with Crippen molar-refractivity contribution in [1.29, 1.82) is 0 Å². The fourth-order valence-corrected chi connectivity index (χ4v) is 14.4. The summed E-state index contributed by atoms with van der Waals surface area (Å²) in [5.74, 6) is -4.39. The van der Waals surface area contributed by atoms with Crippen molar-refractivity contribution in [2.75, 3.05) is 32.1 Å². The number of ketones is 2. The molecule has 0 aliphatic heterocycles. The van der Waals surface area contributed by atoms with Crippen LogP contribution in [0.25, 0.3) is 22.9 Å². The van der Waals surface area contributed by atoms with E-state index < -0.39 is 201 Å². The Labute approximate surface area is 594 Å². The number of carbonyl (C=O) groups excluding carboxylic acids is 2. The Morgan fingerprint density at radius 1 is 0.327 bits per heavy atom. The Hall–Kier alpha value is -10.4. The molecule has 2 aliphatic rings. The number of anilines is 10. The van der Waals surface area contributed by atoms with Crippen LogP contribution in [0.4, 0.5) is 57.9 Å². The highest BCUT2D eigenvalue weighted by atomic mass is 35.5. The molecule has 2 heterocycles. The molecule has 9 aromatic rings. The Morgan fingerprint density at radius 2 is 0.654 bits per heavy atom. The molecule has 0 radical (unpaired) electrons. The van der Waals surface area contributed by atoms with Crippen molar-refractivity contribution in [3.63, 3.8) is 0 Å². The van der Waals surface area contributed by atoms with E-state index in [0.29, 0.717) is 29.7 Å². The average molecular weight is 1630 g/mol. The molecule has 0 atom stereocenters. The van der Waals surface area contributed by atoms with Crippen molar-refractivity contribution in [2.24, 2.45) is 10.2 Å². The third kappa shape index (κ3) is 17.8. The number of para-hydroxylation sites is 2. The topological polar surface area (TPSA) is 643 Å². The fraction of sp³-hybridized carbons (Fsp3) is 0. The van der Waals surface area contributed by atoms with Gasteiger partial charge in [-0.25, -0.2) is 0 Å². The minimum Gasteiger partial charge on any atom is -0.324 e. The van der Waals surface area contributed by atoms with E-state index in [1.165, 1.54) is 72.8 Å². The van der Waals surface area contributed by atoms with Gasteiger partial charge in [-0.15, -0.1) is 0 Å². The highest BCUT2D eigenvalue weighted by Gasteiger charge is 2.38. The van der Waals surface area contributed by atoms with Crippen LogP contribution < -0.4 is 32.1 Å². The van der Waals surface area contributed by atoms with Gasteiger partial charge in [-0.05, 0) is 154 Å². The molecule has 0 fully saturated rings. The van der Waals surface area contributed by atoms with E-state index in [2.05, 4.69) is 72.2 Å². The van der Waals surface area contributed by atoms with E-state index in [0.717, 1.165) is 48.5 Å². The Morgan fingerprint density at radius 3 is 0.971 bits per heavy atom. The van der Waals surface area contributed by atoms with Crippen LogP contribution in [0.15, 0.2) is 183 Å². The quantitative estimate of drug-likeness (QED) is 0.0288. The van der Waals surface area contributed by atoms with Crippen LogP contribution in [0.2, 0.25) is 10.6 Å². The van der Waals surface area contributed by atoms with E-state index in [4.69, 9.17) is 32.3 Å². The molecule has 104 heavy (non-hydrogen) atoms. The Balaban J connectivity index is 0.000000559. The van der Waals surface area contributed by atoms with E-state index in [-0.39, 0.29) is 38.4 Å². The Bertz CT molecular complexity index is 5940. The first kappa shape index (κ1) is 76.3. The zero-order chi connectivity index (χ0) is 76.2. The first-order valence-corrected chi connectivity index (χ1v) is 39.6. The van der Waals surface area contributed by atoms with Crippen molar-refractivity contribution < 1.29 is 113 Å². The first-order valence-electron chi connectivity index (χ1n) is 27.3. The number of fused-ring (bicyclic) bond motifs is 3. The number of hydrogen-bond acceptors (Lipinski definition) is 32. The molecular formula is C54H38Cl2N14O26S8. The summed E-state index contributed by atoms with van der Waals surface area (Å²) in [6.45, 7) is 0. The van der Waals surface area contributed by atoms with Crippen LogP contribution >= 0.6 is 23.2 Å². The lowest BCUT2D eigenvalue weighted by molar-refractivity contribution is 0.105. The number of Topliss-reactive ketones (excluding diaryl/α,β-unsaturated/α-hetero) is 2. The largest absolute Gasteiger partial charge is 0.324 e. The highest BCUT2D eigenvalue weighted by molar-refractivity contribution is 7.91. The van der Waals surface area contributed by atoms with Crippen LogP contribution in [-0.4, -0.2) is 157 Å². The van der Waals surface area contributed by atoms with Gasteiger partial charge in [-0.1, -0.05) is 36.4 Å². The van der Waals surface area contributed by atoms with Gasteiger partial charge < -0.3 is 21.3 Å². The number of aromatic nitrogens is 6. The van der Waals surface area contributed by atoms with Crippen molar-refractivity contribution in [3.8, 4) is 0 Å². The van der Waals surface area contributed by atoms with Crippen LogP contribution in [0.3, 0.4) is 0 Å². The van der Waals surface area contributed by atoms with Crippen molar-refractivity contribution in [2.45, 2.75) is 29.4 Å². The van der Waals surface area contributed by atoms with Gasteiger partial charge in [0.25, 0.3) is 80.9 Å². The maximum atomic E-state index is 14.2. The van der Waals surface area contributed by atoms with Crippen molar-refractivity contribution in [1.82, 2.24) is 29.9 Å². The molecule has 14 N–H and O–H groups in total. The second-order valence-electron chi connectivity index (χ2n) is 20.7. The smallest absolute Gasteiger partial charge is 0.296 e. The number of nitrogens with zero attached hydrogens (tertiary/aromatic N) is 8. The summed E-state index contributed by atoms with van der Waals surface area (Å²) in [4.78, 5) is 46.1. The van der Waals surface area contributed by atoms with Gasteiger partial charge in [0.15, 0.2) is 11.4 Å². The second-order valence-corrected chi connectivity index (χ2v) is 32.7. The number of rotatable bonds is 20. The first-order chi connectivity index (χ1) is 48.2. The predicted molar refractivity (Wildman–Crippen MR) is 368 cm³/mol. The molecule has 0 amide bonds. The molecular weight excluding hydrogens is 1590 g/mol. The molecule has 0 saturated heterocycles. The molecule has 0 saturated carbocycles. The molecule has 0 spiro atoms. The van der Waals surface area contributed by atoms with Crippen LogP contribution in [0, 0.1) is 0 Å². The zero-order valence-electron chi connectivity index (χ0n) is 50.4. The van der Waals surface area contributed by atoms with Gasteiger partial charge in [0.1, 0.15) is 19.6 Å². The van der Waals surface area contributed by atoms with E-state index in [1.54, 1.807) is 0 Å². The summed E-state index contributed by atoms with van der Waals surface area (Å²) >= 11 is 12.5. The zero-order valence-corrected chi connectivity index (χ0v) is 58.4. The number of carbonyl (C=O) groups is 2. The van der Waals surface area contributed by atoms with E-state index in [1.807, 2.05) is 0 Å². The lowest BCUT2D eigenvalue weighted by Crippen LogP contribution is -2.28. The summed E-state index contributed by atoms with van der Waals surface area (Å²) in [5, 5.41) is 18.0. The van der Waals surface area contributed by atoms with Crippen molar-refractivity contribution >= 4 is 208 Å². The molecule has 11 rings (SSSR count). The van der Waals surface area contributed by atoms with E-state index >= 15 is 0 Å². The highest BCUT2D eigenvalue weighted by Crippen LogP contribution is 2.38. The normalized spacial score (nSPS) is 14.5. The molecule has 0 unspecified atom stereocenters. The van der Waals surface area contributed by atoms with Gasteiger partial charge in [0.2, 0.25) is 45.9 Å². The molecule has 542 valence electrons. The second kappa shape index (κ2) is 28.4. The van der Waals surface area contributed by atoms with Gasteiger partial charge >= 0.3 is 0 Å². The monoisotopic (exact) mass is 1620 g/mol. The summed E-state index contributed by atoms with van der Waals surface area (Å²) in [5.41, 5.74) is -1.62. The van der Waals surface area contributed by atoms with Crippen molar-refractivity contribution in [3.05, 3.63) is 176 Å². The van der Waals surface area contributed by atoms with E-state index in [9.17, 15) is 104 Å². The number of hydrazone groups is 2. The minimum atomic E-state index is -5.40. The van der Waals surface area contributed by atoms with Gasteiger partial charge in [-0.2, -0.15) is 107 Å². The third-order valence-corrected chi connectivity index (χ3v) is 21.0. The summed E-state index contributed by atoms with van der Waals surface area (Å²) in [6, 6.07) is 25.0. The molecule has 40 nitrogen and oxygen atoms in total. The SMILES string of the molecule is O=C1/C(=N/Nc2ccccc2S(=O)(=O)O)C(S(=O)(=O)O)=Cc2cc(S(=O)(=O)O)cc(Nc3nc(Cl)nc(Nc4ccc(Nc5nc(Cl)nc(Nc6cc(S(=O)(=O)O)cc7c6C(=O)/C(=N/Nc6ccccc6S(=O)(=O)O)C(S(=O)(=O)O)=C7)n5)cc4)n3)c21.O=S(=O)(O)c1ccc2ccc(S(=O)(=O)O)cc2c1. The molecule has 7 aromatic carbocycles. The van der Waals surface area contributed by atoms with Gasteiger partial charge in [-0.3, -0.25) is 56.9 Å². The van der Waals surface area contributed by atoms with Crippen LogP contribution in [0.1, 0.15) is 31.8 Å². The van der Waals surface area contributed by atoms with Gasteiger partial charge in [0.05, 0.1) is 53.5 Å². The van der Waals surface area contributed by atoms with Crippen LogP contribution in [-0.2, 0) is 80.9 Å². The summed E-state index contributed by atoms with van der Waals surface area (Å²) in [7, 11) is -39.6. The van der Waals surface area contributed by atoms with Crippen LogP contribution in [0.5, 0.6) is 0 Å². The summed E-state index contributed by atoms with van der Waals surface area (Å²) < 4.78 is 269. The third-order valence-electron chi connectivity index (χ3n) is 13.8.